The maximum atomic E-state index is 12.6. The Bertz CT molecular complexity index is 1200. The zero-order chi connectivity index (χ0) is 42.3. The van der Waals surface area contributed by atoms with E-state index in [4.69, 9.17) is 24.3 Å². The highest BCUT2D eigenvalue weighted by Gasteiger charge is 2.25. The topological polar surface area (TPSA) is 117 Å². The Hall–Kier alpha value is -2.58. The molecular formula is C49H84NO7P. The molecule has 0 heterocycles. The van der Waals surface area contributed by atoms with Crippen LogP contribution in [-0.4, -0.2) is 49.9 Å². The standard InChI is InChI=1S/C49H84NO7P/c1-3-5-7-9-11-13-15-17-19-20-21-22-23-24-25-26-27-28-29-30-32-34-36-38-40-42-49(51)57-48(47-56-58(52,53)55-45-43-50)46-54-44-41-39-37-35-33-31-18-16-14-12-10-8-6-4-2/h5,7-8,10-11,13-14,16-17,19,21-22,24-25,27-28,48H,3-4,6,9,12,15,18,20,23,26,29-47,50H2,1-2H3,(H,52,53)/b7-5-,10-8-,13-11-,16-14-,19-17-,22-21-,25-24-,28-27-. The average Bonchev–Trinajstić information content (AvgIpc) is 3.21. The first-order valence-electron chi connectivity index (χ1n) is 22.7. The molecular weight excluding hydrogens is 746 g/mol. The van der Waals surface area contributed by atoms with Gasteiger partial charge in [0.05, 0.1) is 19.8 Å². The number of carbonyl (C=O) groups excluding carboxylic acids is 1. The summed E-state index contributed by atoms with van der Waals surface area (Å²) in [5.74, 6) is -0.353. The van der Waals surface area contributed by atoms with E-state index in [1.807, 2.05) is 0 Å². The molecule has 0 bridgehead atoms. The average molecular weight is 830 g/mol. The Morgan fingerprint density at radius 2 is 0.966 bits per heavy atom. The fourth-order valence-corrected chi connectivity index (χ4v) is 6.45. The Labute approximate surface area is 355 Å². The molecule has 0 spiro atoms. The molecule has 0 aliphatic carbocycles. The number of allylic oxidation sites excluding steroid dienone is 16. The third-order valence-electron chi connectivity index (χ3n) is 8.97. The molecule has 2 unspecified atom stereocenters. The van der Waals surface area contributed by atoms with Crippen LogP contribution >= 0.6 is 7.82 Å². The van der Waals surface area contributed by atoms with Crippen LogP contribution in [0.2, 0.25) is 0 Å². The molecule has 0 rings (SSSR count). The normalized spacial score (nSPS) is 14.3. The smallest absolute Gasteiger partial charge is 0.457 e. The third-order valence-corrected chi connectivity index (χ3v) is 9.95. The van der Waals surface area contributed by atoms with Gasteiger partial charge in [-0.25, -0.2) is 4.57 Å². The largest absolute Gasteiger partial charge is 0.472 e. The summed E-state index contributed by atoms with van der Waals surface area (Å²) >= 11 is 0. The minimum Gasteiger partial charge on any atom is -0.457 e. The van der Waals surface area contributed by atoms with Crippen molar-refractivity contribution in [2.75, 3.05) is 33.0 Å². The molecule has 0 aromatic rings. The van der Waals surface area contributed by atoms with E-state index < -0.39 is 13.9 Å². The number of phosphoric acid groups is 1. The van der Waals surface area contributed by atoms with Gasteiger partial charge in [-0.15, -0.1) is 0 Å². The lowest BCUT2D eigenvalue weighted by molar-refractivity contribution is -0.154. The van der Waals surface area contributed by atoms with E-state index in [1.54, 1.807) is 0 Å². The van der Waals surface area contributed by atoms with Crippen molar-refractivity contribution in [3.63, 3.8) is 0 Å². The van der Waals surface area contributed by atoms with Crippen molar-refractivity contribution in [3.8, 4) is 0 Å². The Kier molecular flexibility index (Phi) is 43.5. The Morgan fingerprint density at radius 1 is 0.534 bits per heavy atom. The maximum Gasteiger partial charge on any atom is 0.472 e. The lowest BCUT2D eigenvalue weighted by atomic mass is 10.1. The van der Waals surface area contributed by atoms with Crippen LogP contribution < -0.4 is 5.73 Å². The van der Waals surface area contributed by atoms with Crippen LogP contribution in [0.25, 0.3) is 0 Å². The van der Waals surface area contributed by atoms with Crippen molar-refractivity contribution in [3.05, 3.63) is 97.2 Å². The van der Waals surface area contributed by atoms with Crippen molar-refractivity contribution in [2.24, 2.45) is 5.73 Å². The first-order chi connectivity index (χ1) is 28.4. The quantitative estimate of drug-likeness (QED) is 0.0270. The Balaban J connectivity index is 4.07. The number of carbonyl (C=O) groups is 1. The summed E-state index contributed by atoms with van der Waals surface area (Å²) in [7, 11) is -4.29. The van der Waals surface area contributed by atoms with Crippen molar-refractivity contribution in [1.29, 1.82) is 0 Å². The molecule has 0 radical (unpaired) electrons. The number of hydrogen-bond donors (Lipinski definition) is 2. The van der Waals surface area contributed by atoms with Gasteiger partial charge in [-0.2, -0.15) is 0 Å². The van der Waals surface area contributed by atoms with E-state index in [1.165, 1.54) is 38.5 Å². The summed E-state index contributed by atoms with van der Waals surface area (Å²) in [6, 6.07) is 0. The monoisotopic (exact) mass is 830 g/mol. The summed E-state index contributed by atoms with van der Waals surface area (Å²) in [6.07, 6.45) is 60.0. The molecule has 0 saturated carbocycles. The van der Waals surface area contributed by atoms with Crippen molar-refractivity contribution in [1.82, 2.24) is 0 Å². The predicted molar refractivity (Wildman–Crippen MR) is 247 cm³/mol. The summed E-state index contributed by atoms with van der Waals surface area (Å²) in [5, 5.41) is 0. The number of rotatable bonds is 42. The highest BCUT2D eigenvalue weighted by atomic mass is 31.2. The van der Waals surface area contributed by atoms with E-state index in [-0.39, 0.29) is 32.3 Å². The van der Waals surface area contributed by atoms with Crippen LogP contribution in [0.15, 0.2) is 97.2 Å². The number of unbranched alkanes of at least 4 members (excludes halogenated alkanes) is 13. The van der Waals surface area contributed by atoms with Gasteiger partial charge >= 0.3 is 13.8 Å². The van der Waals surface area contributed by atoms with Crippen molar-refractivity contribution >= 4 is 13.8 Å². The molecule has 3 N–H and O–H groups in total. The van der Waals surface area contributed by atoms with E-state index in [9.17, 15) is 14.3 Å². The zero-order valence-electron chi connectivity index (χ0n) is 36.7. The fourth-order valence-electron chi connectivity index (χ4n) is 5.68. The number of phosphoric ester groups is 1. The minimum absolute atomic E-state index is 0.0902. The van der Waals surface area contributed by atoms with Crippen LogP contribution in [0, 0.1) is 0 Å². The van der Waals surface area contributed by atoms with Crippen LogP contribution in [0.1, 0.15) is 168 Å². The van der Waals surface area contributed by atoms with Gasteiger partial charge in [0.15, 0.2) is 0 Å². The van der Waals surface area contributed by atoms with Gasteiger partial charge in [-0.3, -0.25) is 13.8 Å². The summed E-state index contributed by atoms with van der Waals surface area (Å²) in [6.45, 7) is 4.67. The first kappa shape index (κ1) is 55.4. The molecule has 8 nitrogen and oxygen atoms in total. The molecule has 0 aliphatic heterocycles. The highest BCUT2D eigenvalue weighted by Crippen LogP contribution is 2.43. The van der Waals surface area contributed by atoms with Crippen molar-refractivity contribution in [2.45, 2.75) is 174 Å². The van der Waals surface area contributed by atoms with E-state index >= 15 is 0 Å². The number of nitrogens with two attached hydrogens (primary N) is 1. The second-order valence-electron chi connectivity index (χ2n) is 14.5. The number of ether oxygens (including phenoxy) is 2. The van der Waals surface area contributed by atoms with Crippen molar-refractivity contribution < 1.29 is 32.8 Å². The lowest BCUT2D eigenvalue weighted by Crippen LogP contribution is -2.28. The molecule has 9 heteroatoms. The van der Waals surface area contributed by atoms with Crippen LogP contribution in [0.5, 0.6) is 0 Å². The molecule has 0 fully saturated rings. The molecule has 2 atom stereocenters. The van der Waals surface area contributed by atoms with E-state index in [0.717, 1.165) is 109 Å². The molecule has 0 aromatic carbocycles. The maximum absolute atomic E-state index is 12.6. The van der Waals surface area contributed by atoms with Gasteiger partial charge < -0.3 is 20.1 Å². The van der Waals surface area contributed by atoms with Crippen LogP contribution in [0.4, 0.5) is 0 Å². The molecule has 58 heavy (non-hydrogen) atoms. The van der Waals surface area contributed by atoms with Gasteiger partial charge in [0.25, 0.3) is 0 Å². The van der Waals surface area contributed by atoms with Gasteiger partial charge in [0, 0.05) is 19.6 Å². The number of hydrogen-bond acceptors (Lipinski definition) is 7. The minimum atomic E-state index is -4.29. The highest BCUT2D eigenvalue weighted by molar-refractivity contribution is 7.47. The summed E-state index contributed by atoms with van der Waals surface area (Å²) in [4.78, 5) is 22.5. The molecule has 0 amide bonds. The van der Waals surface area contributed by atoms with Gasteiger partial charge in [0.1, 0.15) is 6.10 Å². The molecule has 0 saturated heterocycles. The van der Waals surface area contributed by atoms with E-state index in [0.29, 0.717) is 13.0 Å². The summed E-state index contributed by atoms with van der Waals surface area (Å²) in [5.41, 5.74) is 5.37. The second-order valence-corrected chi connectivity index (χ2v) is 16.0. The third kappa shape index (κ3) is 44.5. The zero-order valence-corrected chi connectivity index (χ0v) is 37.6. The van der Waals surface area contributed by atoms with Gasteiger partial charge in [0.2, 0.25) is 0 Å². The Morgan fingerprint density at radius 3 is 1.45 bits per heavy atom. The fraction of sp³-hybridized carbons (Fsp3) is 0.653. The summed E-state index contributed by atoms with van der Waals surface area (Å²) < 4.78 is 33.4. The molecule has 0 aliphatic rings. The van der Waals surface area contributed by atoms with Crippen LogP contribution in [-0.2, 0) is 27.9 Å². The SMILES string of the molecule is CC/C=C\C/C=C\C/C=C\C/C=C\C/C=C\C/C=C\CCCCCCCCC(=O)OC(COCCCCCCCC/C=C\C/C=C\CCC)COP(=O)(O)OCCN. The van der Waals surface area contributed by atoms with Gasteiger partial charge in [-0.05, 0) is 89.9 Å². The predicted octanol–water partition coefficient (Wildman–Crippen LogP) is 13.9. The first-order valence-corrected chi connectivity index (χ1v) is 24.2. The second kappa shape index (κ2) is 45.5. The number of esters is 1. The lowest BCUT2D eigenvalue weighted by Gasteiger charge is -2.20. The molecule has 332 valence electrons. The molecule has 0 aromatic heterocycles. The van der Waals surface area contributed by atoms with Crippen LogP contribution in [0.3, 0.4) is 0 Å². The van der Waals surface area contributed by atoms with E-state index in [2.05, 4.69) is 111 Å². The van der Waals surface area contributed by atoms with Gasteiger partial charge in [-0.1, -0.05) is 169 Å².